The van der Waals surface area contributed by atoms with Gasteiger partial charge in [0, 0.05) is 0 Å². The Kier molecular flexibility index (Phi) is 3.29. The number of carbonyl (C=O) groups excluding carboxylic acids is 1. The van der Waals surface area contributed by atoms with E-state index in [1.807, 2.05) is 13.8 Å². The standard InChI is InChI=1S/C6H10O/c1-3-6(2)4-5-7/h4-5H,3H2,1-2H3/b6-4-. The fraction of sp³-hybridized carbons (Fsp3) is 0.500. The Morgan fingerprint density at radius 1 is 1.71 bits per heavy atom. The SMILES string of the molecule is CC/C(C)=C\C=O. The summed E-state index contributed by atoms with van der Waals surface area (Å²) < 4.78 is 0. The summed E-state index contributed by atoms with van der Waals surface area (Å²) >= 11 is 0. The first-order chi connectivity index (χ1) is 3.31. The monoisotopic (exact) mass is 98.1 g/mol. The van der Waals surface area contributed by atoms with Crippen LogP contribution < -0.4 is 0 Å². The largest absolute Gasteiger partial charge is 0.299 e. The zero-order valence-electron chi connectivity index (χ0n) is 4.77. The Morgan fingerprint density at radius 2 is 2.29 bits per heavy atom. The summed E-state index contributed by atoms with van der Waals surface area (Å²) in [7, 11) is 0. The quantitative estimate of drug-likeness (QED) is 0.378. The maximum Gasteiger partial charge on any atom is 0.142 e. The highest BCUT2D eigenvalue weighted by atomic mass is 16.1. The summed E-state index contributed by atoms with van der Waals surface area (Å²) in [4.78, 5) is 9.70. The molecule has 0 aromatic carbocycles. The van der Waals surface area contributed by atoms with Gasteiger partial charge in [-0.05, 0) is 19.4 Å². The van der Waals surface area contributed by atoms with Gasteiger partial charge in [0.25, 0.3) is 0 Å². The number of carbonyl (C=O) groups is 1. The lowest BCUT2D eigenvalue weighted by Gasteiger charge is -1.84. The average molecular weight is 98.1 g/mol. The molecule has 0 radical (unpaired) electrons. The Morgan fingerprint density at radius 3 is 2.43 bits per heavy atom. The first-order valence-corrected chi connectivity index (χ1v) is 2.42. The summed E-state index contributed by atoms with van der Waals surface area (Å²) in [6, 6.07) is 0. The highest BCUT2D eigenvalue weighted by molar-refractivity contribution is 5.65. The molecule has 7 heavy (non-hydrogen) atoms. The minimum absolute atomic E-state index is 0.818. The third kappa shape index (κ3) is 3.23. The molecule has 0 aromatic rings. The molecule has 0 unspecified atom stereocenters. The van der Waals surface area contributed by atoms with E-state index < -0.39 is 0 Å². The van der Waals surface area contributed by atoms with Crippen molar-refractivity contribution in [2.24, 2.45) is 0 Å². The number of hydrogen-bond acceptors (Lipinski definition) is 1. The zero-order chi connectivity index (χ0) is 5.70. The lowest BCUT2D eigenvalue weighted by atomic mass is 10.2. The van der Waals surface area contributed by atoms with Crippen LogP contribution >= 0.6 is 0 Å². The second-order valence-electron chi connectivity index (χ2n) is 1.50. The maximum absolute atomic E-state index is 9.70. The lowest BCUT2D eigenvalue weighted by molar-refractivity contribution is -0.104. The molecule has 0 saturated carbocycles. The van der Waals surface area contributed by atoms with Gasteiger partial charge in [0.1, 0.15) is 6.29 Å². The van der Waals surface area contributed by atoms with Gasteiger partial charge in [-0.25, -0.2) is 0 Å². The molecule has 0 aliphatic heterocycles. The molecule has 0 amide bonds. The molecule has 1 nitrogen and oxygen atoms in total. The van der Waals surface area contributed by atoms with E-state index in [0.29, 0.717) is 0 Å². The summed E-state index contributed by atoms with van der Waals surface area (Å²) in [6.45, 7) is 3.96. The van der Waals surface area contributed by atoms with Gasteiger partial charge in [-0.2, -0.15) is 0 Å². The molecule has 0 N–H and O–H groups in total. The summed E-state index contributed by atoms with van der Waals surface area (Å²) in [6.07, 6.45) is 3.37. The van der Waals surface area contributed by atoms with Crippen LogP contribution in [0.5, 0.6) is 0 Å². The topological polar surface area (TPSA) is 17.1 Å². The van der Waals surface area contributed by atoms with E-state index in [1.165, 1.54) is 0 Å². The van der Waals surface area contributed by atoms with E-state index in [9.17, 15) is 4.79 Å². The van der Waals surface area contributed by atoms with Crippen molar-refractivity contribution in [3.05, 3.63) is 11.6 Å². The van der Waals surface area contributed by atoms with E-state index in [1.54, 1.807) is 6.08 Å². The van der Waals surface area contributed by atoms with Gasteiger partial charge in [-0.1, -0.05) is 12.5 Å². The third-order valence-corrected chi connectivity index (χ3v) is 0.910. The predicted octanol–water partition coefficient (Wildman–Crippen LogP) is 1.54. The number of rotatable bonds is 2. The Hall–Kier alpha value is -0.590. The molecular weight excluding hydrogens is 88.1 g/mol. The summed E-state index contributed by atoms with van der Waals surface area (Å²) in [5, 5.41) is 0. The first-order valence-electron chi connectivity index (χ1n) is 2.42. The third-order valence-electron chi connectivity index (χ3n) is 0.910. The number of hydrogen-bond donors (Lipinski definition) is 0. The second kappa shape index (κ2) is 3.59. The summed E-state index contributed by atoms with van der Waals surface area (Å²) in [5.74, 6) is 0. The van der Waals surface area contributed by atoms with Crippen LogP contribution in [-0.4, -0.2) is 6.29 Å². The van der Waals surface area contributed by atoms with Gasteiger partial charge in [0.15, 0.2) is 0 Å². The highest BCUT2D eigenvalue weighted by Crippen LogP contribution is 1.93. The van der Waals surface area contributed by atoms with Crippen LogP contribution in [0.4, 0.5) is 0 Å². The van der Waals surface area contributed by atoms with Crippen LogP contribution in [0, 0.1) is 0 Å². The van der Waals surface area contributed by atoms with Crippen LogP contribution in [0.2, 0.25) is 0 Å². The molecule has 0 heterocycles. The van der Waals surface area contributed by atoms with Crippen LogP contribution in [0.15, 0.2) is 11.6 Å². The Balaban J connectivity index is 3.49. The van der Waals surface area contributed by atoms with Gasteiger partial charge in [0.05, 0.1) is 0 Å². The van der Waals surface area contributed by atoms with Gasteiger partial charge >= 0.3 is 0 Å². The van der Waals surface area contributed by atoms with Crippen LogP contribution in [-0.2, 0) is 4.79 Å². The van der Waals surface area contributed by atoms with Crippen molar-refractivity contribution in [2.75, 3.05) is 0 Å². The fourth-order valence-corrected chi connectivity index (χ4v) is 0.234. The predicted molar refractivity (Wildman–Crippen MR) is 30.1 cm³/mol. The molecule has 0 bridgehead atoms. The Bertz CT molecular complexity index is 82.2. The van der Waals surface area contributed by atoms with Crippen LogP contribution in [0.3, 0.4) is 0 Å². The first kappa shape index (κ1) is 6.41. The molecule has 40 valence electrons. The average Bonchev–Trinajstić information content (AvgIpc) is 1.68. The Labute approximate surface area is 44.0 Å². The van der Waals surface area contributed by atoms with Crippen LogP contribution in [0.1, 0.15) is 20.3 Å². The van der Waals surface area contributed by atoms with Crippen LogP contribution in [0.25, 0.3) is 0 Å². The zero-order valence-corrected chi connectivity index (χ0v) is 4.77. The molecule has 0 aliphatic rings. The highest BCUT2D eigenvalue weighted by Gasteiger charge is 1.76. The smallest absolute Gasteiger partial charge is 0.142 e. The van der Waals surface area contributed by atoms with Crippen molar-refractivity contribution in [2.45, 2.75) is 20.3 Å². The molecule has 1 heteroatoms. The second-order valence-corrected chi connectivity index (χ2v) is 1.50. The van der Waals surface area contributed by atoms with Crippen molar-refractivity contribution in [1.29, 1.82) is 0 Å². The minimum atomic E-state index is 0.818. The summed E-state index contributed by atoms with van der Waals surface area (Å²) in [5.41, 5.74) is 1.13. The molecule has 0 aromatic heterocycles. The molecule has 0 spiro atoms. The van der Waals surface area contributed by atoms with Crippen molar-refractivity contribution < 1.29 is 4.79 Å². The van der Waals surface area contributed by atoms with E-state index in [-0.39, 0.29) is 0 Å². The molecule has 0 fully saturated rings. The molecule has 0 saturated heterocycles. The van der Waals surface area contributed by atoms with E-state index in [2.05, 4.69) is 0 Å². The van der Waals surface area contributed by atoms with E-state index in [4.69, 9.17) is 0 Å². The van der Waals surface area contributed by atoms with E-state index >= 15 is 0 Å². The maximum atomic E-state index is 9.70. The normalized spacial score (nSPS) is 11.4. The number of aldehydes is 1. The fourth-order valence-electron chi connectivity index (χ4n) is 0.234. The van der Waals surface area contributed by atoms with Crippen molar-refractivity contribution >= 4 is 6.29 Å². The van der Waals surface area contributed by atoms with Gasteiger partial charge in [0.2, 0.25) is 0 Å². The molecule has 0 rings (SSSR count). The van der Waals surface area contributed by atoms with Crippen molar-refractivity contribution in [3.63, 3.8) is 0 Å². The number of allylic oxidation sites excluding steroid dienone is 2. The van der Waals surface area contributed by atoms with Gasteiger partial charge in [-0.15, -0.1) is 0 Å². The lowest BCUT2D eigenvalue weighted by Crippen LogP contribution is -1.69. The molecular formula is C6H10O. The van der Waals surface area contributed by atoms with E-state index in [0.717, 1.165) is 18.3 Å². The van der Waals surface area contributed by atoms with Crippen molar-refractivity contribution in [3.8, 4) is 0 Å². The van der Waals surface area contributed by atoms with Crippen molar-refractivity contribution in [1.82, 2.24) is 0 Å². The molecule has 0 aliphatic carbocycles. The molecule has 0 atom stereocenters. The van der Waals surface area contributed by atoms with Gasteiger partial charge < -0.3 is 0 Å². The minimum Gasteiger partial charge on any atom is -0.299 e. The van der Waals surface area contributed by atoms with Gasteiger partial charge in [-0.3, -0.25) is 4.79 Å².